The van der Waals surface area contributed by atoms with Crippen LogP contribution in [0.1, 0.15) is 15.9 Å². The molecule has 0 aromatic heterocycles. The zero-order valence-electron chi connectivity index (χ0n) is 20.4. The molecule has 0 unspecified atom stereocenters. The van der Waals surface area contributed by atoms with Gasteiger partial charge in [0.2, 0.25) is 11.9 Å². The third-order valence-electron chi connectivity index (χ3n) is 5.31. The zero-order chi connectivity index (χ0) is 27.2. The number of halogens is 2. The summed E-state index contributed by atoms with van der Waals surface area (Å²) in [7, 11) is 4.36. The number of carbonyl (C=O) groups excluding carboxylic acids is 2. The van der Waals surface area contributed by atoms with Crippen molar-refractivity contribution in [3.8, 4) is 34.5 Å². The molecule has 0 saturated heterocycles. The predicted octanol–water partition coefficient (Wildman–Crippen LogP) is 4.75. The van der Waals surface area contributed by atoms with Gasteiger partial charge in [-0.3, -0.25) is 4.79 Å². The van der Waals surface area contributed by atoms with Gasteiger partial charge in [-0.15, -0.1) is 0 Å². The number of nitrogens with zero attached hydrogens (tertiary/aromatic N) is 1. The average Bonchev–Trinajstić information content (AvgIpc) is 2.93. The summed E-state index contributed by atoms with van der Waals surface area (Å²) >= 11 is 6.82. The van der Waals surface area contributed by atoms with Crippen molar-refractivity contribution in [1.29, 1.82) is 0 Å². The van der Waals surface area contributed by atoms with Crippen LogP contribution in [0.5, 0.6) is 34.5 Å². The van der Waals surface area contributed by atoms with Crippen molar-refractivity contribution in [2.45, 2.75) is 6.10 Å². The van der Waals surface area contributed by atoms with Crippen LogP contribution in [0.25, 0.3) is 0 Å². The van der Waals surface area contributed by atoms with Crippen LogP contribution < -0.4 is 33.8 Å². The lowest BCUT2D eigenvalue weighted by molar-refractivity contribution is -0.130. The van der Waals surface area contributed by atoms with Crippen molar-refractivity contribution in [2.75, 3.05) is 27.9 Å². The van der Waals surface area contributed by atoms with Crippen molar-refractivity contribution in [1.82, 2.24) is 5.43 Å². The minimum atomic E-state index is -0.881. The Kier molecular flexibility index (Phi) is 8.74. The van der Waals surface area contributed by atoms with Gasteiger partial charge in [-0.05, 0) is 52.3 Å². The molecule has 1 N–H and O–H groups in total. The lowest BCUT2D eigenvalue weighted by Gasteiger charge is -2.24. The molecule has 1 aliphatic heterocycles. The highest BCUT2D eigenvalue weighted by Gasteiger charge is 2.27. The molecule has 1 aliphatic rings. The maximum Gasteiger partial charge on any atom is 0.343 e. The highest BCUT2D eigenvalue weighted by Crippen LogP contribution is 2.39. The second-order valence-electron chi connectivity index (χ2n) is 7.71. The molecule has 12 heteroatoms. The maximum atomic E-state index is 13.1. The predicted molar refractivity (Wildman–Crippen MR) is 145 cm³/mol. The first kappa shape index (κ1) is 27.3. The number of benzene rings is 3. The SMILES string of the molecule is COc1cc(C(=O)Oc2c(Br)cc(Br)cc2C=NNC(=O)[C@H]2COc3ccccc3O2)cc(OC)c1OC. The van der Waals surface area contributed by atoms with E-state index in [1.165, 1.54) is 39.7 Å². The maximum absolute atomic E-state index is 13.1. The number of hydrogen-bond donors (Lipinski definition) is 1. The van der Waals surface area contributed by atoms with Crippen LogP contribution in [0, 0.1) is 0 Å². The fourth-order valence-electron chi connectivity index (χ4n) is 3.52. The van der Waals surface area contributed by atoms with Gasteiger partial charge in [0.05, 0.1) is 37.6 Å². The number of esters is 1. The molecule has 1 atom stereocenters. The first-order valence-electron chi connectivity index (χ1n) is 11.1. The molecule has 0 radical (unpaired) electrons. The summed E-state index contributed by atoms with van der Waals surface area (Å²) in [6.45, 7) is 0.0401. The molecule has 10 nitrogen and oxygen atoms in total. The van der Waals surface area contributed by atoms with Crippen molar-refractivity contribution >= 4 is 50.0 Å². The summed E-state index contributed by atoms with van der Waals surface area (Å²) in [5.41, 5.74) is 3.00. The summed E-state index contributed by atoms with van der Waals surface area (Å²) in [4.78, 5) is 25.7. The molecule has 1 heterocycles. The first-order chi connectivity index (χ1) is 18.3. The summed E-state index contributed by atoms with van der Waals surface area (Å²) in [5, 5.41) is 4.02. The van der Waals surface area contributed by atoms with Crippen molar-refractivity contribution in [3.63, 3.8) is 0 Å². The quantitative estimate of drug-likeness (QED) is 0.161. The van der Waals surface area contributed by atoms with Crippen LogP contribution in [0.2, 0.25) is 0 Å². The van der Waals surface area contributed by atoms with Gasteiger partial charge in [0.1, 0.15) is 6.61 Å². The fourth-order valence-corrected chi connectivity index (χ4v) is 4.86. The Hall–Kier alpha value is -3.77. The molecule has 3 aromatic rings. The van der Waals surface area contributed by atoms with Crippen molar-refractivity contribution < 1.29 is 38.0 Å². The van der Waals surface area contributed by atoms with Gasteiger partial charge in [0, 0.05) is 10.0 Å². The fraction of sp³-hybridized carbons (Fsp3) is 0.192. The Labute approximate surface area is 235 Å². The smallest absolute Gasteiger partial charge is 0.343 e. The molecule has 3 aromatic carbocycles. The van der Waals surface area contributed by atoms with E-state index in [-0.39, 0.29) is 17.9 Å². The van der Waals surface area contributed by atoms with Gasteiger partial charge in [0.15, 0.2) is 28.7 Å². The number of rotatable bonds is 8. The monoisotopic (exact) mass is 648 g/mol. The van der Waals surface area contributed by atoms with Crippen LogP contribution in [0.15, 0.2) is 62.6 Å². The molecule has 0 spiro atoms. The van der Waals surface area contributed by atoms with E-state index in [0.717, 1.165) is 0 Å². The van der Waals surface area contributed by atoms with E-state index in [0.29, 0.717) is 43.3 Å². The van der Waals surface area contributed by atoms with Gasteiger partial charge in [-0.2, -0.15) is 5.10 Å². The molecular weight excluding hydrogens is 628 g/mol. The van der Waals surface area contributed by atoms with Crippen molar-refractivity contribution in [2.24, 2.45) is 5.10 Å². The molecule has 198 valence electrons. The lowest BCUT2D eigenvalue weighted by atomic mass is 10.1. The number of nitrogens with one attached hydrogen (secondary N) is 1. The number of ether oxygens (including phenoxy) is 6. The topological polar surface area (TPSA) is 114 Å². The largest absolute Gasteiger partial charge is 0.493 e. The molecule has 4 rings (SSSR count). The molecule has 0 bridgehead atoms. The van der Waals surface area contributed by atoms with E-state index >= 15 is 0 Å². The number of para-hydroxylation sites is 2. The summed E-state index contributed by atoms with van der Waals surface area (Å²) in [6, 6.07) is 13.4. The third-order valence-corrected chi connectivity index (χ3v) is 6.36. The number of carbonyl (C=O) groups is 2. The normalized spacial score (nSPS) is 14.1. The molecule has 38 heavy (non-hydrogen) atoms. The van der Waals surface area contributed by atoms with Crippen LogP contribution in [0.4, 0.5) is 0 Å². The second kappa shape index (κ2) is 12.2. The van der Waals surface area contributed by atoms with Crippen molar-refractivity contribution in [3.05, 3.63) is 68.6 Å². The van der Waals surface area contributed by atoms with Crippen LogP contribution in [-0.2, 0) is 4.79 Å². The van der Waals surface area contributed by atoms with Gasteiger partial charge in [-0.25, -0.2) is 10.2 Å². The molecular formula is C26H22Br2N2O8. The lowest BCUT2D eigenvalue weighted by Crippen LogP contribution is -2.42. The van der Waals surface area contributed by atoms with E-state index in [9.17, 15) is 9.59 Å². The number of fused-ring (bicyclic) bond motifs is 1. The molecule has 1 amide bonds. The van der Waals surface area contributed by atoms with E-state index in [1.807, 2.05) is 6.07 Å². The number of hydrogen-bond acceptors (Lipinski definition) is 9. The Balaban J connectivity index is 1.52. The zero-order valence-corrected chi connectivity index (χ0v) is 23.6. The number of hydrazone groups is 1. The summed E-state index contributed by atoms with van der Waals surface area (Å²) < 4.78 is 34.1. The molecule has 0 fully saturated rings. The number of methoxy groups -OCH3 is 3. The van der Waals surface area contributed by atoms with Crippen LogP contribution >= 0.6 is 31.9 Å². The van der Waals surface area contributed by atoms with Gasteiger partial charge < -0.3 is 28.4 Å². The van der Waals surface area contributed by atoms with E-state index in [2.05, 4.69) is 42.4 Å². The van der Waals surface area contributed by atoms with Crippen LogP contribution in [0.3, 0.4) is 0 Å². The second-order valence-corrected chi connectivity index (χ2v) is 9.48. The summed E-state index contributed by atoms with van der Waals surface area (Å²) in [6.07, 6.45) is 0.469. The minimum Gasteiger partial charge on any atom is -0.493 e. The minimum absolute atomic E-state index is 0.0401. The van der Waals surface area contributed by atoms with Gasteiger partial charge >= 0.3 is 5.97 Å². The first-order valence-corrected chi connectivity index (χ1v) is 12.7. The van der Waals surface area contributed by atoms with Gasteiger partial charge in [0.25, 0.3) is 5.91 Å². The molecule has 0 saturated carbocycles. The highest BCUT2D eigenvalue weighted by molar-refractivity contribution is 9.11. The Morgan fingerprint density at radius 2 is 1.66 bits per heavy atom. The molecule has 0 aliphatic carbocycles. The third kappa shape index (κ3) is 6.03. The Morgan fingerprint density at radius 1 is 0.974 bits per heavy atom. The van der Waals surface area contributed by atoms with Crippen LogP contribution in [-0.4, -0.2) is 52.1 Å². The van der Waals surface area contributed by atoms with E-state index < -0.39 is 18.0 Å². The van der Waals surface area contributed by atoms with E-state index in [4.69, 9.17) is 28.4 Å². The van der Waals surface area contributed by atoms with Gasteiger partial charge in [-0.1, -0.05) is 28.1 Å². The Morgan fingerprint density at radius 3 is 2.32 bits per heavy atom. The summed E-state index contributed by atoms with van der Waals surface area (Å²) in [5.74, 6) is 0.979. The average molecular weight is 650 g/mol. The number of amides is 1. The standard InChI is InChI=1S/C26H22Br2N2O8/c1-33-20-9-14(10-21(34-2)24(20)35-3)26(32)38-23-15(8-16(27)11-17(23)28)12-29-30-25(31)22-13-36-18-6-4-5-7-19(18)37-22/h4-12,22H,13H2,1-3H3,(H,30,31)/t22-/m1/s1. The Bertz CT molecular complexity index is 1370. The highest BCUT2D eigenvalue weighted by atomic mass is 79.9. The van der Waals surface area contributed by atoms with E-state index in [1.54, 1.807) is 30.3 Å².